The van der Waals surface area contributed by atoms with Crippen LogP contribution in [0.3, 0.4) is 0 Å². The van der Waals surface area contributed by atoms with Crippen molar-refractivity contribution in [2.45, 2.75) is 27.2 Å². The molecule has 0 spiro atoms. The molecule has 3 aliphatic rings. The first kappa shape index (κ1) is 8.31. The van der Waals surface area contributed by atoms with E-state index in [0.29, 0.717) is 17.3 Å². The number of aliphatic hydroxyl groups excluding tert-OH is 1. The molecule has 0 radical (unpaired) electrons. The standard InChI is InChI=1S/C11H18O/c1-7-4-8(6-12)10-5-9(7)11(10,2)3/h4,7,9-10,12H,5-6H2,1-3H3/t7-,9+,10-/m1/s1. The van der Waals surface area contributed by atoms with Crippen LogP contribution in [-0.4, -0.2) is 11.7 Å². The van der Waals surface area contributed by atoms with Crippen LogP contribution in [0, 0.1) is 23.2 Å². The second-order valence-electron chi connectivity index (χ2n) is 4.97. The van der Waals surface area contributed by atoms with Crippen LogP contribution in [0.2, 0.25) is 0 Å². The smallest absolute Gasteiger partial charge is 0.0644 e. The van der Waals surface area contributed by atoms with E-state index in [1.54, 1.807) is 0 Å². The van der Waals surface area contributed by atoms with Crippen molar-refractivity contribution in [1.29, 1.82) is 0 Å². The molecule has 3 aliphatic carbocycles. The molecule has 0 unspecified atom stereocenters. The maximum Gasteiger partial charge on any atom is 0.0644 e. The van der Waals surface area contributed by atoms with Crippen LogP contribution in [0.1, 0.15) is 27.2 Å². The molecule has 1 heteroatoms. The quantitative estimate of drug-likeness (QED) is 0.592. The first-order valence-corrected chi connectivity index (χ1v) is 4.88. The van der Waals surface area contributed by atoms with Crippen LogP contribution in [0.15, 0.2) is 11.6 Å². The van der Waals surface area contributed by atoms with Crippen LogP contribution in [0.25, 0.3) is 0 Å². The van der Waals surface area contributed by atoms with E-state index in [1.165, 1.54) is 12.0 Å². The van der Waals surface area contributed by atoms with Crippen molar-refractivity contribution >= 4 is 0 Å². The third kappa shape index (κ3) is 0.832. The Balaban J connectivity index is 2.30. The minimum atomic E-state index is 0.269. The Morgan fingerprint density at radius 1 is 1.58 bits per heavy atom. The Morgan fingerprint density at radius 3 is 2.67 bits per heavy atom. The number of allylic oxidation sites excluding steroid dienone is 1. The van der Waals surface area contributed by atoms with Gasteiger partial charge in [0.05, 0.1) is 6.61 Å². The van der Waals surface area contributed by atoms with Gasteiger partial charge in [-0.1, -0.05) is 26.8 Å². The molecule has 1 N–H and O–H groups in total. The summed E-state index contributed by atoms with van der Waals surface area (Å²) in [5, 5.41) is 9.17. The molecule has 1 nitrogen and oxygen atoms in total. The highest BCUT2D eigenvalue weighted by atomic mass is 16.3. The normalized spacial score (nSPS) is 43.3. The van der Waals surface area contributed by atoms with E-state index < -0.39 is 0 Å². The summed E-state index contributed by atoms with van der Waals surface area (Å²) >= 11 is 0. The van der Waals surface area contributed by atoms with Crippen LogP contribution < -0.4 is 0 Å². The second kappa shape index (κ2) is 2.35. The van der Waals surface area contributed by atoms with Crippen LogP contribution in [0.5, 0.6) is 0 Å². The van der Waals surface area contributed by atoms with Crippen LogP contribution in [0.4, 0.5) is 0 Å². The number of hydrogen-bond acceptors (Lipinski definition) is 1. The van der Waals surface area contributed by atoms with Crippen molar-refractivity contribution in [3.8, 4) is 0 Å². The Labute approximate surface area is 74.5 Å². The van der Waals surface area contributed by atoms with Crippen molar-refractivity contribution in [2.75, 3.05) is 6.61 Å². The Bertz CT molecular complexity index is 227. The SMILES string of the molecule is C[C@@H]1C=C(CO)[C@H]2C[C@@H]1C2(C)C. The highest BCUT2D eigenvalue weighted by Gasteiger charge is 2.53. The zero-order valence-corrected chi connectivity index (χ0v) is 8.17. The van der Waals surface area contributed by atoms with E-state index in [4.69, 9.17) is 5.11 Å². The summed E-state index contributed by atoms with van der Waals surface area (Å²) in [6.07, 6.45) is 3.59. The van der Waals surface area contributed by atoms with Crippen molar-refractivity contribution in [1.82, 2.24) is 0 Å². The fourth-order valence-corrected chi connectivity index (χ4v) is 3.21. The molecule has 2 bridgehead atoms. The summed E-state index contributed by atoms with van der Waals surface area (Å²) < 4.78 is 0. The number of fused-ring (bicyclic) bond motifs is 1. The maximum atomic E-state index is 9.17. The Morgan fingerprint density at radius 2 is 2.25 bits per heavy atom. The second-order valence-corrected chi connectivity index (χ2v) is 4.97. The van der Waals surface area contributed by atoms with Crippen LogP contribution >= 0.6 is 0 Å². The molecule has 0 amide bonds. The molecule has 0 aromatic carbocycles. The summed E-state index contributed by atoms with van der Waals surface area (Å²) in [7, 11) is 0. The lowest BCUT2D eigenvalue weighted by Crippen LogP contribution is -2.51. The van der Waals surface area contributed by atoms with Crippen molar-refractivity contribution in [2.24, 2.45) is 23.2 Å². The average Bonchev–Trinajstić information content (AvgIpc) is 2.02. The van der Waals surface area contributed by atoms with E-state index in [9.17, 15) is 0 Å². The molecule has 0 aromatic heterocycles. The molecular weight excluding hydrogens is 148 g/mol. The van der Waals surface area contributed by atoms with Gasteiger partial charge in [0.15, 0.2) is 0 Å². The zero-order valence-electron chi connectivity index (χ0n) is 8.17. The van der Waals surface area contributed by atoms with Gasteiger partial charge in [0, 0.05) is 0 Å². The van der Waals surface area contributed by atoms with E-state index in [-0.39, 0.29) is 6.61 Å². The number of rotatable bonds is 1. The maximum absolute atomic E-state index is 9.17. The van der Waals surface area contributed by atoms with Gasteiger partial charge in [-0.25, -0.2) is 0 Å². The average molecular weight is 166 g/mol. The van der Waals surface area contributed by atoms with Gasteiger partial charge in [0.2, 0.25) is 0 Å². The summed E-state index contributed by atoms with van der Waals surface area (Å²) in [6, 6.07) is 0. The molecule has 0 saturated heterocycles. The van der Waals surface area contributed by atoms with Gasteiger partial charge in [0.1, 0.15) is 0 Å². The molecule has 0 aromatic rings. The molecule has 0 aliphatic heterocycles. The third-order valence-electron chi connectivity index (χ3n) is 4.09. The molecule has 3 atom stereocenters. The summed E-state index contributed by atoms with van der Waals surface area (Å²) in [5.74, 6) is 2.20. The Kier molecular flexibility index (Phi) is 1.63. The summed E-state index contributed by atoms with van der Waals surface area (Å²) in [5.41, 5.74) is 1.74. The van der Waals surface area contributed by atoms with Gasteiger partial charge in [-0.2, -0.15) is 0 Å². The Hall–Kier alpha value is -0.300. The lowest BCUT2D eigenvalue weighted by atomic mass is 9.46. The van der Waals surface area contributed by atoms with E-state index in [2.05, 4.69) is 26.8 Å². The summed E-state index contributed by atoms with van der Waals surface area (Å²) in [4.78, 5) is 0. The van der Waals surface area contributed by atoms with Gasteiger partial charge in [-0.05, 0) is 35.2 Å². The van der Waals surface area contributed by atoms with Crippen molar-refractivity contribution in [3.05, 3.63) is 11.6 Å². The number of aliphatic hydroxyl groups is 1. The van der Waals surface area contributed by atoms with Gasteiger partial charge in [-0.15, -0.1) is 0 Å². The van der Waals surface area contributed by atoms with Crippen molar-refractivity contribution < 1.29 is 5.11 Å². The van der Waals surface area contributed by atoms with E-state index in [1.807, 2.05) is 0 Å². The topological polar surface area (TPSA) is 20.2 Å². The molecule has 0 heterocycles. The first-order chi connectivity index (χ1) is 5.57. The van der Waals surface area contributed by atoms with Gasteiger partial charge in [0.25, 0.3) is 0 Å². The predicted molar refractivity (Wildman–Crippen MR) is 49.7 cm³/mol. The van der Waals surface area contributed by atoms with E-state index in [0.717, 1.165) is 5.92 Å². The molecule has 12 heavy (non-hydrogen) atoms. The minimum Gasteiger partial charge on any atom is -0.392 e. The van der Waals surface area contributed by atoms with Crippen molar-refractivity contribution in [3.63, 3.8) is 0 Å². The minimum absolute atomic E-state index is 0.269. The number of hydrogen-bond donors (Lipinski definition) is 1. The predicted octanol–water partition coefficient (Wildman–Crippen LogP) is 2.22. The largest absolute Gasteiger partial charge is 0.392 e. The lowest BCUT2D eigenvalue weighted by molar-refractivity contribution is -0.0401. The highest BCUT2D eigenvalue weighted by Crippen LogP contribution is 2.60. The molecule has 1 fully saturated rings. The van der Waals surface area contributed by atoms with Gasteiger partial charge >= 0.3 is 0 Å². The highest BCUT2D eigenvalue weighted by molar-refractivity contribution is 5.25. The van der Waals surface area contributed by atoms with Gasteiger partial charge in [-0.3, -0.25) is 0 Å². The van der Waals surface area contributed by atoms with Crippen LogP contribution in [-0.2, 0) is 0 Å². The third-order valence-corrected chi connectivity index (χ3v) is 4.09. The molecule has 68 valence electrons. The van der Waals surface area contributed by atoms with Gasteiger partial charge < -0.3 is 5.11 Å². The summed E-state index contributed by atoms with van der Waals surface area (Å²) in [6.45, 7) is 7.22. The zero-order chi connectivity index (χ0) is 8.93. The molecule has 1 saturated carbocycles. The molecule has 3 rings (SSSR count). The fraction of sp³-hybridized carbons (Fsp3) is 0.818. The monoisotopic (exact) mass is 166 g/mol. The van der Waals surface area contributed by atoms with E-state index >= 15 is 0 Å². The fourth-order valence-electron chi connectivity index (χ4n) is 3.21. The first-order valence-electron chi connectivity index (χ1n) is 4.88. The molecular formula is C11H18O. The lowest BCUT2D eigenvalue weighted by Gasteiger charge is -2.58.